The van der Waals surface area contributed by atoms with E-state index in [1.54, 1.807) is 11.3 Å². The molecule has 0 saturated heterocycles. The average molecular weight is 247 g/mol. The summed E-state index contributed by atoms with van der Waals surface area (Å²) in [6.45, 7) is 0.527. The second-order valence-corrected chi connectivity index (χ2v) is 4.89. The first kappa shape index (κ1) is 10.4. The Kier molecular flexibility index (Phi) is 2.42. The molecule has 0 aliphatic rings. The minimum atomic E-state index is -0.325. The zero-order valence-electron chi connectivity index (χ0n) is 8.90. The van der Waals surface area contributed by atoms with E-state index in [1.165, 1.54) is 12.3 Å². The standard InChI is InChI=1S/C12H10FN3S/c13-7-3-9-10(6-16-12(9)15-5-7)11-2-1-8(4-14)17-11/h1-3,5-6H,4,14H2,(H,15,16). The van der Waals surface area contributed by atoms with Crippen molar-refractivity contribution >= 4 is 22.4 Å². The number of aromatic amines is 1. The fourth-order valence-electron chi connectivity index (χ4n) is 1.81. The molecule has 0 spiro atoms. The maximum atomic E-state index is 13.2. The van der Waals surface area contributed by atoms with Gasteiger partial charge in [-0.25, -0.2) is 9.37 Å². The molecule has 3 heterocycles. The van der Waals surface area contributed by atoms with E-state index in [0.29, 0.717) is 12.2 Å². The van der Waals surface area contributed by atoms with Gasteiger partial charge in [-0.2, -0.15) is 0 Å². The molecule has 3 rings (SSSR count). The number of H-pyrrole nitrogens is 1. The van der Waals surface area contributed by atoms with Gasteiger partial charge < -0.3 is 10.7 Å². The molecule has 3 aromatic heterocycles. The SMILES string of the molecule is NCc1ccc(-c2c[nH]c3ncc(F)cc23)s1. The smallest absolute Gasteiger partial charge is 0.142 e. The van der Waals surface area contributed by atoms with Crippen molar-refractivity contribution in [3.63, 3.8) is 0 Å². The first-order chi connectivity index (χ1) is 8.28. The van der Waals surface area contributed by atoms with Gasteiger partial charge >= 0.3 is 0 Å². The molecule has 0 fully saturated rings. The van der Waals surface area contributed by atoms with Crippen molar-refractivity contribution in [3.05, 3.63) is 41.3 Å². The van der Waals surface area contributed by atoms with Crippen LogP contribution >= 0.6 is 11.3 Å². The molecule has 0 atom stereocenters. The van der Waals surface area contributed by atoms with Crippen LogP contribution in [-0.2, 0) is 6.54 Å². The van der Waals surface area contributed by atoms with E-state index >= 15 is 0 Å². The summed E-state index contributed by atoms with van der Waals surface area (Å²) in [6.07, 6.45) is 3.06. The van der Waals surface area contributed by atoms with Gasteiger partial charge in [0.2, 0.25) is 0 Å². The molecule has 0 unspecified atom stereocenters. The molecule has 5 heteroatoms. The summed E-state index contributed by atoms with van der Waals surface area (Å²) >= 11 is 1.62. The Bertz CT molecular complexity index is 671. The molecule has 86 valence electrons. The Morgan fingerprint density at radius 2 is 2.29 bits per heavy atom. The van der Waals surface area contributed by atoms with E-state index < -0.39 is 0 Å². The van der Waals surface area contributed by atoms with Gasteiger partial charge in [-0.15, -0.1) is 11.3 Å². The second-order valence-electron chi connectivity index (χ2n) is 3.72. The van der Waals surface area contributed by atoms with Crippen molar-refractivity contribution < 1.29 is 4.39 Å². The van der Waals surface area contributed by atoms with Crippen molar-refractivity contribution in [1.82, 2.24) is 9.97 Å². The van der Waals surface area contributed by atoms with Crippen LogP contribution in [0.4, 0.5) is 4.39 Å². The first-order valence-electron chi connectivity index (χ1n) is 5.19. The number of halogens is 1. The number of hydrogen-bond acceptors (Lipinski definition) is 3. The third-order valence-corrected chi connectivity index (χ3v) is 3.77. The zero-order chi connectivity index (χ0) is 11.8. The van der Waals surface area contributed by atoms with Crippen molar-refractivity contribution in [2.75, 3.05) is 0 Å². The molecule has 0 radical (unpaired) electrons. The molecular weight excluding hydrogens is 237 g/mol. The minimum Gasteiger partial charge on any atom is -0.345 e. The predicted octanol–water partition coefficient (Wildman–Crippen LogP) is 2.89. The Morgan fingerprint density at radius 3 is 3.06 bits per heavy atom. The van der Waals surface area contributed by atoms with E-state index in [2.05, 4.69) is 9.97 Å². The monoisotopic (exact) mass is 247 g/mol. The summed E-state index contributed by atoms with van der Waals surface area (Å²) in [7, 11) is 0. The van der Waals surface area contributed by atoms with Crippen LogP contribution in [0.25, 0.3) is 21.5 Å². The molecule has 0 amide bonds. The number of thiophene rings is 1. The number of nitrogens with zero attached hydrogens (tertiary/aromatic N) is 1. The molecule has 0 aliphatic heterocycles. The summed E-state index contributed by atoms with van der Waals surface area (Å²) in [5.41, 5.74) is 7.25. The highest BCUT2D eigenvalue weighted by Crippen LogP contribution is 2.33. The fraction of sp³-hybridized carbons (Fsp3) is 0.0833. The van der Waals surface area contributed by atoms with Crippen LogP contribution in [0.3, 0.4) is 0 Å². The Morgan fingerprint density at radius 1 is 1.41 bits per heavy atom. The molecule has 3 nitrogen and oxygen atoms in total. The van der Waals surface area contributed by atoms with E-state index in [-0.39, 0.29) is 5.82 Å². The Hall–Kier alpha value is -1.72. The number of hydrogen-bond donors (Lipinski definition) is 2. The number of nitrogens with one attached hydrogen (secondary N) is 1. The van der Waals surface area contributed by atoms with Gasteiger partial charge in [0, 0.05) is 33.4 Å². The number of nitrogens with two attached hydrogens (primary N) is 1. The lowest BCUT2D eigenvalue weighted by atomic mass is 10.2. The molecular formula is C12H10FN3S. The van der Waals surface area contributed by atoms with Crippen molar-refractivity contribution in [2.45, 2.75) is 6.54 Å². The topological polar surface area (TPSA) is 54.7 Å². The maximum Gasteiger partial charge on any atom is 0.142 e. The summed E-state index contributed by atoms with van der Waals surface area (Å²) in [5, 5.41) is 0.801. The van der Waals surface area contributed by atoms with E-state index in [9.17, 15) is 4.39 Å². The van der Waals surface area contributed by atoms with E-state index in [4.69, 9.17) is 5.73 Å². The van der Waals surface area contributed by atoms with Gasteiger partial charge in [0.25, 0.3) is 0 Å². The molecule has 17 heavy (non-hydrogen) atoms. The van der Waals surface area contributed by atoms with Crippen molar-refractivity contribution in [2.24, 2.45) is 5.73 Å². The fourth-order valence-corrected chi connectivity index (χ4v) is 2.73. The van der Waals surface area contributed by atoms with Crippen LogP contribution in [-0.4, -0.2) is 9.97 Å². The summed E-state index contributed by atoms with van der Waals surface area (Å²) in [5.74, 6) is -0.325. The van der Waals surface area contributed by atoms with Crippen LogP contribution in [0.5, 0.6) is 0 Å². The van der Waals surface area contributed by atoms with Gasteiger partial charge in [-0.3, -0.25) is 0 Å². The predicted molar refractivity (Wildman–Crippen MR) is 67.3 cm³/mol. The van der Waals surface area contributed by atoms with Gasteiger partial charge in [-0.05, 0) is 18.2 Å². The molecule has 0 aliphatic carbocycles. The number of aromatic nitrogens is 2. The van der Waals surface area contributed by atoms with Crippen LogP contribution in [0.15, 0.2) is 30.6 Å². The van der Waals surface area contributed by atoms with Gasteiger partial charge in [-0.1, -0.05) is 0 Å². The molecule has 0 saturated carbocycles. The van der Waals surface area contributed by atoms with E-state index in [0.717, 1.165) is 20.7 Å². The normalized spacial score (nSPS) is 11.2. The molecule has 3 N–H and O–H groups in total. The third kappa shape index (κ3) is 1.73. The highest BCUT2D eigenvalue weighted by atomic mass is 32.1. The van der Waals surface area contributed by atoms with Crippen LogP contribution in [0, 0.1) is 5.82 Å². The minimum absolute atomic E-state index is 0.325. The quantitative estimate of drug-likeness (QED) is 0.731. The van der Waals surface area contributed by atoms with Gasteiger partial charge in [0.05, 0.1) is 6.20 Å². The Labute approximate surface area is 101 Å². The van der Waals surface area contributed by atoms with Crippen LogP contribution < -0.4 is 5.73 Å². The lowest BCUT2D eigenvalue weighted by Crippen LogP contribution is -1.90. The average Bonchev–Trinajstić information content (AvgIpc) is 2.93. The van der Waals surface area contributed by atoms with Gasteiger partial charge in [0.1, 0.15) is 11.5 Å². The second kappa shape index (κ2) is 3.94. The number of rotatable bonds is 2. The van der Waals surface area contributed by atoms with E-state index in [1.807, 2.05) is 18.3 Å². The van der Waals surface area contributed by atoms with Crippen LogP contribution in [0.1, 0.15) is 4.88 Å². The third-order valence-electron chi connectivity index (χ3n) is 2.63. The summed E-state index contributed by atoms with van der Waals surface area (Å²) in [4.78, 5) is 9.23. The number of fused-ring (bicyclic) bond motifs is 1. The van der Waals surface area contributed by atoms with Gasteiger partial charge in [0.15, 0.2) is 0 Å². The van der Waals surface area contributed by atoms with Crippen molar-refractivity contribution in [3.8, 4) is 10.4 Å². The maximum absolute atomic E-state index is 13.2. The number of pyridine rings is 1. The molecule has 0 aromatic carbocycles. The highest BCUT2D eigenvalue weighted by molar-refractivity contribution is 7.15. The lowest BCUT2D eigenvalue weighted by Gasteiger charge is -1.94. The largest absolute Gasteiger partial charge is 0.345 e. The highest BCUT2D eigenvalue weighted by Gasteiger charge is 2.09. The summed E-state index contributed by atoms with van der Waals surface area (Å²) < 4.78 is 13.2. The van der Waals surface area contributed by atoms with Crippen LogP contribution in [0.2, 0.25) is 0 Å². The zero-order valence-corrected chi connectivity index (χ0v) is 9.72. The molecule has 0 bridgehead atoms. The summed E-state index contributed by atoms with van der Waals surface area (Å²) in [6, 6.07) is 5.49. The van der Waals surface area contributed by atoms with Crippen molar-refractivity contribution in [1.29, 1.82) is 0 Å². The lowest BCUT2D eigenvalue weighted by molar-refractivity contribution is 0.624. The first-order valence-corrected chi connectivity index (χ1v) is 6.01. The molecule has 3 aromatic rings. The Balaban J connectivity index is 2.19.